The number of carbonyl (C=O) groups excluding carboxylic acids is 3. The molecule has 0 heterocycles. The van der Waals surface area contributed by atoms with Crippen molar-refractivity contribution in [2.24, 2.45) is 0 Å². The number of methoxy groups -OCH3 is 1. The minimum Gasteiger partial charge on any atom is -0.497 e. The van der Waals surface area contributed by atoms with Crippen LogP contribution >= 0.6 is 11.6 Å². The summed E-state index contributed by atoms with van der Waals surface area (Å²) in [5.41, 5.74) is 1.23. The van der Waals surface area contributed by atoms with Crippen molar-refractivity contribution in [1.29, 1.82) is 0 Å². The van der Waals surface area contributed by atoms with E-state index >= 15 is 0 Å². The van der Waals surface area contributed by atoms with Crippen LogP contribution in [0.5, 0.6) is 5.75 Å². The summed E-state index contributed by atoms with van der Waals surface area (Å²) in [6, 6.07) is 19.6. The molecule has 0 aliphatic rings. The molecule has 1 amide bonds. The van der Waals surface area contributed by atoms with Gasteiger partial charge in [-0.1, -0.05) is 48.0 Å². The number of hydrogen-bond donors (Lipinski definition) is 1. The Morgan fingerprint density at radius 1 is 0.900 bits per heavy atom. The lowest BCUT2D eigenvalue weighted by atomic mass is 10.0. The number of hydrogen-bond acceptors (Lipinski definition) is 5. The predicted molar refractivity (Wildman–Crippen MR) is 113 cm³/mol. The second-order valence-corrected chi connectivity index (χ2v) is 6.68. The lowest BCUT2D eigenvalue weighted by Crippen LogP contribution is -2.22. The van der Waals surface area contributed by atoms with E-state index in [2.05, 4.69) is 5.32 Å². The molecule has 3 aromatic carbocycles. The van der Waals surface area contributed by atoms with E-state index in [4.69, 9.17) is 21.1 Å². The lowest BCUT2D eigenvalue weighted by Gasteiger charge is -2.12. The first-order valence-electron chi connectivity index (χ1n) is 8.98. The van der Waals surface area contributed by atoms with Crippen LogP contribution in [0.25, 0.3) is 0 Å². The maximum Gasteiger partial charge on any atom is 0.338 e. The highest BCUT2D eigenvalue weighted by atomic mass is 35.5. The zero-order valence-electron chi connectivity index (χ0n) is 16.1. The van der Waals surface area contributed by atoms with E-state index in [0.717, 1.165) is 0 Å². The van der Waals surface area contributed by atoms with Gasteiger partial charge in [-0.2, -0.15) is 0 Å². The molecule has 0 radical (unpaired) electrons. The summed E-state index contributed by atoms with van der Waals surface area (Å²) in [5, 5.41) is 2.96. The summed E-state index contributed by atoms with van der Waals surface area (Å²) in [5.74, 6) is -1.04. The van der Waals surface area contributed by atoms with Gasteiger partial charge in [0.15, 0.2) is 12.4 Å². The summed E-state index contributed by atoms with van der Waals surface area (Å²) in [6.07, 6.45) is 0. The van der Waals surface area contributed by atoms with Crippen molar-refractivity contribution in [2.45, 2.75) is 0 Å². The normalized spacial score (nSPS) is 10.2. The molecule has 0 unspecified atom stereocenters. The van der Waals surface area contributed by atoms with Gasteiger partial charge in [-0.15, -0.1) is 0 Å². The lowest BCUT2D eigenvalue weighted by molar-refractivity contribution is -0.119. The minimum atomic E-state index is -0.666. The smallest absolute Gasteiger partial charge is 0.338 e. The molecule has 7 heteroatoms. The van der Waals surface area contributed by atoms with E-state index in [9.17, 15) is 14.4 Å². The van der Waals surface area contributed by atoms with E-state index in [1.807, 2.05) is 0 Å². The predicted octanol–water partition coefficient (Wildman–Crippen LogP) is 4.38. The Hall–Kier alpha value is -3.64. The van der Waals surface area contributed by atoms with E-state index < -0.39 is 18.5 Å². The maximum absolute atomic E-state index is 12.8. The van der Waals surface area contributed by atoms with Gasteiger partial charge in [0, 0.05) is 16.1 Å². The van der Waals surface area contributed by atoms with Gasteiger partial charge in [-0.25, -0.2) is 4.79 Å². The van der Waals surface area contributed by atoms with E-state index in [1.54, 1.807) is 54.6 Å². The Morgan fingerprint density at radius 3 is 2.37 bits per heavy atom. The van der Waals surface area contributed by atoms with Crippen LogP contribution in [-0.2, 0) is 9.53 Å². The van der Waals surface area contributed by atoms with Crippen LogP contribution in [0.2, 0.25) is 5.02 Å². The minimum absolute atomic E-state index is 0.237. The molecule has 0 saturated heterocycles. The Labute approximate surface area is 178 Å². The second-order valence-electron chi connectivity index (χ2n) is 6.24. The van der Waals surface area contributed by atoms with Gasteiger partial charge in [0.05, 0.1) is 18.4 Å². The van der Waals surface area contributed by atoms with Crippen molar-refractivity contribution in [3.05, 3.63) is 94.5 Å². The number of esters is 1. The Kier molecular flexibility index (Phi) is 6.83. The number of rotatable bonds is 7. The molecule has 0 spiro atoms. The van der Waals surface area contributed by atoms with Crippen LogP contribution < -0.4 is 10.1 Å². The molecule has 0 aliphatic heterocycles. The van der Waals surface area contributed by atoms with Crippen LogP contribution in [0.4, 0.5) is 5.69 Å². The average molecular weight is 424 g/mol. The monoisotopic (exact) mass is 423 g/mol. The fourth-order valence-electron chi connectivity index (χ4n) is 2.71. The molecule has 0 fully saturated rings. The third-order valence-electron chi connectivity index (χ3n) is 4.18. The zero-order chi connectivity index (χ0) is 21.5. The van der Waals surface area contributed by atoms with E-state index in [1.165, 1.54) is 25.3 Å². The number of ether oxygens (including phenoxy) is 2. The summed E-state index contributed by atoms with van der Waals surface area (Å²) in [7, 11) is 1.48. The van der Waals surface area contributed by atoms with Crippen LogP contribution in [0.1, 0.15) is 26.3 Å². The van der Waals surface area contributed by atoms with E-state index in [0.29, 0.717) is 16.3 Å². The number of ketones is 1. The van der Waals surface area contributed by atoms with Crippen molar-refractivity contribution < 1.29 is 23.9 Å². The highest BCUT2D eigenvalue weighted by Gasteiger charge is 2.17. The molecule has 0 saturated carbocycles. The van der Waals surface area contributed by atoms with Crippen molar-refractivity contribution in [3.8, 4) is 5.75 Å². The first-order chi connectivity index (χ1) is 14.5. The van der Waals surface area contributed by atoms with Gasteiger partial charge < -0.3 is 14.8 Å². The molecule has 1 N–H and O–H groups in total. The Bertz CT molecular complexity index is 1080. The SMILES string of the molecule is COc1cccc(C(=O)OCC(=O)Nc2ccc(Cl)cc2C(=O)c2ccccc2)c1. The van der Waals surface area contributed by atoms with Gasteiger partial charge in [0.25, 0.3) is 5.91 Å². The van der Waals surface area contributed by atoms with E-state index in [-0.39, 0.29) is 22.6 Å². The number of halogens is 1. The summed E-state index contributed by atoms with van der Waals surface area (Å²) < 4.78 is 10.1. The third-order valence-corrected chi connectivity index (χ3v) is 4.41. The number of benzene rings is 3. The van der Waals surface area contributed by atoms with Crippen LogP contribution in [0, 0.1) is 0 Å². The standard InChI is InChI=1S/C23H18ClNO5/c1-29-18-9-5-8-16(12-18)23(28)30-14-21(26)25-20-11-10-17(24)13-19(20)22(27)15-6-3-2-4-7-15/h2-13H,14H2,1H3,(H,25,26). The van der Waals surface area contributed by atoms with Gasteiger partial charge in [-0.3, -0.25) is 9.59 Å². The molecule has 152 valence electrons. The quantitative estimate of drug-likeness (QED) is 0.450. The molecular weight excluding hydrogens is 406 g/mol. The zero-order valence-corrected chi connectivity index (χ0v) is 16.8. The van der Waals surface area contributed by atoms with Crippen LogP contribution in [-0.4, -0.2) is 31.4 Å². The van der Waals surface area contributed by atoms with Crippen molar-refractivity contribution in [1.82, 2.24) is 0 Å². The van der Waals surface area contributed by atoms with Gasteiger partial charge in [-0.05, 0) is 36.4 Å². The van der Waals surface area contributed by atoms with Gasteiger partial charge >= 0.3 is 5.97 Å². The second kappa shape index (κ2) is 9.71. The van der Waals surface area contributed by atoms with Crippen LogP contribution in [0.3, 0.4) is 0 Å². The van der Waals surface area contributed by atoms with Crippen molar-refractivity contribution in [2.75, 3.05) is 19.0 Å². The average Bonchev–Trinajstić information content (AvgIpc) is 2.78. The van der Waals surface area contributed by atoms with Gasteiger partial charge in [0.1, 0.15) is 5.75 Å². The molecule has 0 atom stereocenters. The first-order valence-corrected chi connectivity index (χ1v) is 9.36. The number of nitrogens with one attached hydrogen (secondary N) is 1. The highest BCUT2D eigenvalue weighted by molar-refractivity contribution is 6.31. The third kappa shape index (κ3) is 5.24. The Balaban J connectivity index is 1.69. The van der Waals surface area contributed by atoms with Crippen LogP contribution in [0.15, 0.2) is 72.8 Å². The highest BCUT2D eigenvalue weighted by Crippen LogP contribution is 2.24. The number of anilines is 1. The number of amides is 1. The topological polar surface area (TPSA) is 81.7 Å². The molecule has 30 heavy (non-hydrogen) atoms. The molecule has 3 rings (SSSR count). The molecular formula is C23H18ClNO5. The number of carbonyl (C=O) groups is 3. The molecule has 0 aromatic heterocycles. The summed E-state index contributed by atoms with van der Waals surface area (Å²) in [6.45, 7) is -0.516. The largest absolute Gasteiger partial charge is 0.497 e. The fourth-order valence-corrected chi connectivity index (χ4v) is 2.88. The van der Waals surface area contributed by atoms with Crippen molar-refractivity contribution in [3.63, 3.8) is 0 Å². The Morgan fingerprint density at radius 2 is 1.63 bits per heavy atom. The summed E-state index contributed by atoms with van der Waals surface area (Å²) in [4.78, 5) is 37.3. The van der Waals surface area contributed by atoms with Gasteiger partial charge in [0.2, 0.25) is 0 Å². The molecule has 0 aliphatic carbocycles. The fraction of sp³-hybridized carbons (Fsp3) is 0.0870. The van der Waals surface area contributed by atoms with Crippen molar-refractivity contribution >= 4 is 34.9 Å². The maximum atomic E-state index is 12.8. The first kappa shape index (κ1) is 21.1. The molecule has 6 nitrogen and oxygen atoms in total. The molecule has 3 aromatic rings. The summed E-state index contributed by atoms with van der Waals surface area (Å²) >= 11 is 6.04. The molecule has 0 bridgehead atoms.